The van der Waals surface area contributed by atoms with Gasteiger partial charge in [0.2, 0.25) is 15.9 Å². The van der Waals surface area contributed by atoms with Gasteiger partial charge in [0, 0.05) is 37.6 Å². The van der Waals surface area contributed by atoms with Gasteiger partial charge in [-0.05, 0) is 47.9 Å². The van der Waals surface area contributed by atoms with Crippen molar-refractivity contribution in [3.05, 3.63) is 54.1 Å². The first-order chi connectivity index (χ1) is 13.7. The Kier molecular flexibility index (Phi) is 6.56. The lowest BCUT2D eigenvalue weighted by Crippen LogP contribution is -2.48. The quantitative estimate of drug-likeness (QED) is 0.753. The number of sulfonamides is 1. The molecule has 1 saturated heterocycles. The number of benzene rings is 2. The van der Waals surface area contributed by atoms with Gasteiger partial charge in [-0.15, -0.1) is 0 Å². The summed E-state index contributed by atoms with van der Waals surface area (Å²) in [5, 5.41) is 8.13. The topological polar surface area (TPSA) is 95.7 Å². The molecule has 2 aromatic carbocycles. The van der Waals surface area contributed by atoms with Crippen LogP contribution in [0.4, 0.5) is 11.4 Å². The summed E-state index contributed by atoms with van der Waals surface area (Å²) in [6.07, 6.45) is 0. The second-order valence-corrected chi connectivity index (χ2v) is 9.19. The van der Waals surface area contributed by atoms with Crippen LogP contribution in [0.1, 0.15) is 25.3 Å². The predicted molar refractivity (Wildman–Crippen MR) is 116 cm³/mol. The summed E-state index contributed by atoms with van der Waals surface area (Å²) < 4.78 is 22.7. The third-order valence-corrected chi connectivity index (χ3v) is 6.04. The van der Waals surface area contributed by atoms with E-state index >= 15 is 0 Å². The van der Waals surface area contributed by atoms with E-state index < -0.39 is 10.0 Å². The lowest BCUT2D eigenvalue weighted by molar-refractivity contribution is -0.117. The van der Waals surface area contributed by atoms with Crippen LogP contribution < -0.4 is 15.4 Å². The van der Waals surface area contributed by atoms with Crippen LogP contribution in [-0.2, 0) is 14.8 Å². The van der Waals surface area contributed by atoms with Crippen molar-refractivity contribution in [1.29, 1.82) is 0 Å². The lowest BCUT2D eigenvalue weighted by Gasteiger charge is -2.35. The van der Waals surface area contributed by atoms with Crippen molar-refractivity contribution in [2.75, 3.05) is 42.9 Å². The monoisotopic (exact) mass is 416 g/mol. The molecular formula is C21H28N4O3S. The first-order valence-corrected chi connectivity index (χ1v) is 11.3. The van der Waals surface area contributed by atoms with E-state index in [1.165, 1.54) is 17.7 Å². The highest BCUT2D eigenvalue weighted by atomic mass is 32.2. The normalized spacial score (nSPS) is 15.5. The maximum atomic E-state index is 12.4. The van der Waals surface area contributed by atoms with Gasteiger partial charge in [-0.1, -0.05) is 26.0 Å². The first kappa shape index (κ1) is 21.3. The Hall–Kier alpha value is -2.42. The molecule has 1 aliphatic heterocycles. The van der Waals surface area contributed by atoms with Gasteiger partial charge in [-0.3, -0.25) is 9.69 Å². The Morgan fingerprint density at radius 2 is 1.72 bits per heavy atom. The van der Waals surface area contributed by atoms with Crippen LogP contribution in [0.2, 0.25) is 0 Å². The molecule has 156 valence electrons. The van der Waals surface area contributed by atoms with Crippen molar-refractivity contribution in [3.63, 3.8) is 0 Å². The molecule has 1 fully saturated rings. The van der Waals surface area contributed by atoms with Gasteiger partial charge < -0.3 is 10.2 Å². The summed E-state index contributed by atoms with van der Waals surface area (Å²) in [7, 11) is -3.68. The number of carbonyl (C=O) groups excluding carboxylic acids is 1. The summed E-state index contributed by atoms with van der Waals surface area (Å²) in [6.45, 7) is 7.67. The largest absolute Gasteiger partial charge is 0.369 e. The van der Waals surface area contributed by atoms with Crippen LogP contribution in [0.25, 0.3) is 0 Å². The molecule has 3 rings (SSSR count). The molecule has 3 N–H and O–H groups in total. The molecule has 0 saturated carbocycles. The Balaban J connectivity index is 1.50. The van der Waals surface area contributed by atoms with E-state index in [1.54, 1.807) is 12.1 Å². The Labute approximate surface area is 172 Å². The summed E-state index contributed by atoms with van der Waals surface area (Å²) >= 11 is 0. The molecule has 1 amide bonds. The summed E-state index contributed by atoms with van der Waals surface area (Å²) in [4.78, 5) is 16.8. The SMILES string of the molecule is CC(C)c1cccc(NC(=O)CN2CCN(c3ccc(S(N)(=O)=O)cc3)CC2)c1. The number of piperazine rings is 1. The second-order valence-electron chi connectivity index (χ2n) is 7.63. The summed E-state index contributed by atoms with van der Waals surface area (Å²) in [5.74, 6) is 0.399. The number of anilines is 2. The Morgan fingerprint density at radius 1 is 1.07 bits per heavy atom. The van der Waals surface area contributed by atoms with Crippen molar-refractivity contribution in [2.45, 2.75) is 24.7 Å². The van der Waals surface area contributed by atoms with E-state index in [-0.39, 0.29) is 10.8 Å². The third kappa shape index (κ3) is 5.79. The van der Waals surface area contributed by atoms with Crippen LogP contribution >= 0.6 is 0 Å². The number of nitrogens with two attached hydrogens (primary N) is 1. The molecule has 0 unspecified atom stereocenters. The smallest absolute Gasteiger partial charge is 0.238 e. The highest BCUT2D eigenvalue weighted by Crippen LogP contribution is 2.20. The molecule has 2 aromatic rings. The fourth-order valence-electron chi connectivity index (χ4n) is 3.39. The van der Waals surface area contributed by atoms with E-state index in [1.807, 2.05) is 18.2 Å². The van der Waals surface area contributed by atoms with Gasteiger partial charge in [0.1, 0.15) is 0 Å². The number of amides is 1. The molecule has 0 radical (unpaired) electrons. The number of nitrogens with one attached hydrogen (secondary N) is 1. The minimum atomic E-state index is -3.68. The number of primary sulfonamides is 1. The number of hydrogen-bond acceptors (Lipinski definition) is 5. The highest BCUT2D eigenvalue weighted by molar-refractivity contribution is 7.89. The molecule has 1 heterocycles. The average Bonchev–Trinajstić information content (AvgIpc) is 2.68. The number of carbonyl (C=O) groups is 1. The van der Waals surface area contributed by atoms with Gasteiger partial charge in [-0.25, -0.2) is 13.6 Å². The second kappa shape index (κ2) is 8.94. The molecule has 29 heavy (non-hydrogen) atoms. The molecule has 0 aliphatic carbocycles. The van der Waals surface area contributed by atoms with Gasteiger partial charge >= 0.3 is 0 Å². The minimum absolute atomic E-state index is 0.0168. The van der Waals surface area contributed by atoms with E-state index in [2.05, 4.69) is 35.0 Å². The van der Waals surface area contributed by atoms with Crippen molar-refractivity contribution in [2.24, 2.45) is 5.14 Å². The minimum Gasteiger partial charge on any atom is -0.369 e. The first-order valence-electron chi connectivity index (χ1n) is 9.72. The standard InChI is InChI=1S/C21H28N4O3S/c1-16(2)17-4-3-5-18(14-17)23-21(26)15-24-10-12-25(13-11-24)19-6-8-20(9-7-19)29(22,27)28/h3-9,14,16H,10-13,15H2,1-2H3,(H,23,26)(H2,22,27,28). The maximum Gasteiger partial charge on any atom is 0.238 e. The zero-order chi connectivity index (χ0) is 21.0. The van der Waals surface area contributed by atoms with Gasteiger partial charge in [0.25, 0.3) is 0 Å². The Morgan fingerprint density at radius 3 is 2.31 bits per heavy atom. The average molecular weight is 417 g/mol. The molecule has 0 spiro atoms. The molecule has 8 heteroatoms. The van der Waals surface area contributed by atoms with Crippen LogP contribution in [0.15, 0.2) is 53.4 Å². The van der Waals surface area contributed by atoms with Crippen molar-refractivity contribution in [1.82, 2.24) is 4.90 Å². The van der Waals surface area contributed by atoms with E-state index in [0.717, 1.165) is 37.6 Å². The van der Waals surface area contributed by atoms with Crippen LogP contribution in [0, 0.1) is 0 Å². The number of hydrogen-bond donors (Lipinski definition) is 2. The third-order valence-electron chi connectivity index (χ3n) is 5.11. The van der Waals surface area contributed by atoms with Crippen molar-refractivity contribution < 1.29 is 13.2 Å². The zero-order valence-corrected chi connectivity index (χ0v) is 17.7. The van der Waals surface area contributed by atoms with E-state index in [9.17, 15) is 13.2 Å². The van der Waals surface area contributed by atoms with E-state index in [4.69, 9.17) is 5.14 Å². The lowest BCUT2D eigenvalue weighted by atomic mass is 10.0. The van der Waals surface area contributed by atoms with Crippen LogP contribution in [0.3, 0.4) is 0 Å². The van der Waals surface area contributed by atoms with Gasteiger partial charge in [-0.2, -0.15) is 0 Å². The fraction of sp³-hybridized carbons (Fsp3) is 0.381. The molecule has 0 aromatic heterocycles. The van der Waals surface area contributed by atoms with Gasteiger partial charge in [0.15, 0.2) is 0 Å². The van der Waals surface area contributed by atoms with Gasteiger partial charge in [0.05, 0.1) is 11.4 Å². The summed E-state index contributed by atoms with van der Waals surface area (Å²) in [5.41, 5.74) is 2.98. The Bertz CT molecular complexity index is 950. The van der Waals surface area contributed by atoms with Crippen LogP contribution in [0.5, 0.6) is 0 Å². The molecule has 7 nitrogen and oxygen atoms in total. The summed E-state index contributed by atoms with van der Waals surface area (Å²) in [6, 6.07) is 14.5. The molecular weight excluding hydrogens is 388 g/mol. The molecule has 1 aliphatic rings. The van der Waals surface area contributed by atoms with Crippen molar-refractivity contribution in [3.8, 4) is 0 Å². The van der Waals surface area contributed by atoms with Crippen LogP contribution in [-0.4, -0.2) is 51.9 Å². The molecule has 0 bridgehead atoms. The molecule has 0 atom stereocenters. The fourth-order valence-corrected chi connectivity index (χ4v) is 3.91. The number of nitrogens with zero attached hydrogens (tertiary/aromatic N) is 2. The van der Waals surface area contributed by atoms with Crippen molar-refractivity contribution >= 4 is 27.3 Å². The maximum absolute atomic E-state index is 12.4. The zero-order valence-electron chi connectivity index (χ0n) is 16.8. The predicted octanol–water partition coefficient (Wildman–Crippen LogP) is 2.22. The number of rotatable bonds is 6. The highest BCUT2D eigenvalue weighted by Gasteiger charge is 2.20. The van der Waals surface area contributed by atoms with E-state index in [0.29, 0.717) is 12.5 Å².